The summed E-state index contributed by atoms with van der Waals surface area (Å²) in [5.74, 6) is -1.16. The second-order valence-corrected chi connectivity index (χ2v) is 3.46. The molecule has 0 bridgehead atoms. The minimum atomic E-state index is -0.585. The Bertz CT molecular complexity index is 569. The second-order valence-electron chi connectivity index (χ2n) is 3.46. The van der Waals surface area contributed by atoms with Gasteiger partial charge in [0.2, 0.25) is 0 Å². The van der Waals surface area contributed by atoms with Crippen molar-refractivity contribution < 1.29 is 9.18 Å². The highest BCUT2D eigenvalue weighted by Crippen LogP contribution is 2.05. The van der Waals surface area contributed by atoms with Gasteiger partial charge < -0.3 is 0 Å². The van der Waals surface area contributed by atoms with Crippen molar-refractivity contribution in [2.45, 2.75) is 0 Å². The fourth-order valence-corrected chi connectivity index (χ4v) is 1.32. The molecule has 0 saturated heterocycles. The van der Waals surface area contributed by atoms with Crippen molar-refractivity contribution in [1.82, 2.24) is 10.4 Å². The van der Waals surface area contributed by atoms with Crippen molar-refractivity contribution in [2.75, 3.05) is 0 Å². The number of carbonyl (C=O) groups excluding carboxylic acids is 1. The van der Waals surface area contributed by atoms with Crippen LogP contribution in [-0.2, 0) is 0 Å². The van der Waals surface area contributed by atoms with Gasteiger partial charge in [-0.1, -0.05) is 12.1 Å². The highest BCUT2D eigenvalue weighted by Gasteiger charge is 2.08. The Hall–Kier alpha value is -2.56. The summed E-state index contributed by atoms with van der Waals surface area (Å²) in [7, 11) is 0. The maximum absolute atomic E-state index is 13.3. The molecule has 0 aliphatic heterocycles. The molecule has 0 atom stereocenters. The molecule has 5 heteroatoms. The predicted octanol–water partition coefficient (Wildman–Crippen LogP) is 1.98. The van der Waals surface area contributed by atoms with Crippen LogP contribution in [0.25, 0.3) is 0 Å². The molecule has 2 aromatic rings. The largest absolute Gasteiger partial charge is 0.274 e. The Morgan fingerprint density at radius 1 is 1.22 bits per heavy atom. The van der Waals surface area contributed by atoms with Crippen molar-refractivity contribution in [2.24, 2.45) is 5.10 Å². The zero-order valence-corrected chi connectivity index (χ0v) is 9.38. The van der Waals surface area contributed by atoms with Crippen molar-refractivity contribution in [1.29, 1.82) is 0 Å². The molecule has 0 aliphatic rings. The SMILES string of the molecule is O=C(NN=Cc1ccncc1)c1ccccc1F. The van der Waals surface area contributed by atoms with E-state index in [0.717, 1.165) is 5.56 Å². The van der Waals surface area contributed by atoms with Crippen molar-refractivity contribution in [3.8, 4) is 0 Å². The summed E-state index contributed by atoms with van der Waals surface area (Å²) in [4.78, 5) is 15.4. The van der Waals surface area contributed by atoms with Gasteiger partial charge in [-0.2, -0.15) is 5.10 Å². The number of hydrogen-bond donors (Lipinski definition) is 1. The summed E-state index contributed by atoms with van der Waals surface area (Å²) in [6.45, 7) is 0. The molecular weight excluding hydrogens is 233 g/mol. The fraction of sp³-hybridized carbons (Fsp3) is 0. The molecule has 2 rings (SSSR count). The molecule has 1 N–H and O–H groups in total. The maximum Gasteiger partial charge on any atom is 0.274 e. The summed E-state index contributed by atoms with van der Waals surface area (Å²) in [6, 6.07) is 9.20. The maximum atomic E-state index is 13.3. The third kappa shape index (κ3) is 2.98. The van der Waals surface area contributed by atoms with E-state index in [9.17, 15) is 9.18 Å². The van der Waals surface area contributed by atoms with E-state index in [2.05, 4.69) is 15.5 Å². The van der Waals surface area contributed by atoms with E-state index >= 15 is 0 Å². The first-order valence-corrected chi connectivity index (χ1v) is 5.25. The van der Waals surface area contributed by atoms with E-state index in [0.29, 0.717) is 0 Å². The molecule has 1 aromatic heterocycles. The summed E-state index contributed by atoms with van der Waals surface area (Å²) >= 11 is 0. The Morgan fingerprint density at radius 3 is 2.67 bits per heavy atom. The number of hydrazone groups is 1. The van der Waals surface area contributed by atoms with Crippen molar-refractivity contribution in [3.63, 3.8) is 0 Å². The van der Waals surface area contributed by atoms with Gasteiger partial charge in [-0.25, -0.2) is 9.82 Å². The zero-order valence-electron chi connectivity index (χ0n) is 9.38. The molecule has 1 aromatic carbocycles. The number of nitrogens with one attached hydrogen (secondary N) is 1. The number of nitrogens with zero attached hydrogens (tertiary/aromatic N) is 2. The van der Waals surface area contributed by atoms with Gasteiger partial charge in [-0.3, -0.25) is 9.78 Å². The zero-order chi connectivity index (χ0) is 12.8. The Morgan fingerprint density at radius 2 is 1.94 bits per heavy atom. The Labute approximate surface area is 103 Å². The van der Waals surface area contributed by atoms with Crippen LogP contribution in [0.2, 0.25) is 0 Å². The normalized spacial score (nSPS) is 10.5. The van der Waals surface area contributed by atoms with Crippen LogP contribution in [0.4, 0.5) is 4.39 Å². The predicted molar refractivity (Wildman–Crippen MR) is 65.7 cm³/mol. The van der Waals surface area contributed by atoms with E-state index in [1.807, 2.05) is 0 Å². The average Bonchev–Trinajstić information content (AvgIpc) is 2.40. The lowest BCUT2D eigenvalue weighted by Gasteiger charge is -2.00. The van der Waals surface area contributed by atoms with Crippen LogP contribution in [0, 0.1) is 5.82 Å². The molecule has 1 amide bonds. The van der Waals surface area contributed by atoms with Gasteiger partial charge in [0, 0.05) is 12.4 Å². The summed E-state index contributed by atoms with van der Waals surface area (Å²) in [5, 5.41) is 3.74. The minimum Gasteiger partial charge on any atom is -0.267 e. The number of carbonyl (C=O) groups is 1. The number of hydrogen-bond acceptors (Lipinski definition) is 3. The Balaban J connectivity index is 2.01. The van der Waals surface area contributed by atoms with Crippen LogP contribution < -0.4 is 5.43 Å². The highest BCUT2D eigenvalue weighted by atomic mass is 19.1. The number of rotatable bonds is 3. The quantitative estimate of drug-likeness (QED) is 0.662. The van der Waals surface area contributed by atoms with E-state index in [1.54, 1.807) is 30.6 Å². The molecule has 0 fully saturated rings. The number of amides is 1. The molecule has 0 spiro atoms. The minimum absolute atomic E-state index is 0.0376. The third-order valence-corrected chi connectivity index (χ3v) is 2.20. The van der Waals surface area contributed by atoms with Gasteiger partial charge >= 0.3 is 0 Å². The van der Waals surface area contributed by atoms with Gasteiger partial charge in [0.1, 0.15) is 5.82 Å². The molecular formula is C13H10FN3O. The van der Waals surface area contributed by atoms with E-state index in [4.69, 9.17) is 0 Å². The van der Waals surface area contributed by atoms with Crippen LogP contribution in [0.15, 0.2) is 53.9 Å². The Kier molecular flexibility index (Phi) is 3.76. The van der Waals surface area contributed by atoms with Gasteiger partial charge in [0.15, 0.2) is 0 Å². The molecule has 1 heterocycles. The molecule has 4 nitrogen and oxygen atoms in total. The summed E-state index contributed by atoms with van der Waals surface area (Å²) in [5.41, 5.74) is 3.01. The summed E-state index contributed by atoms with van der Waals surface area (Å²) in [6.07, 6.45) is 4.68. The lowest BCUT2D eigenvalue weighted by Crippen LogP contribution is -2.18. The number of aromatic nitrogens is 1. The number of benzene rings is 1. The number of pyridine rings is 1. The number of halogens is 1. The smallest absolute Gasteiger partial charge is 0.267 e. The fourth-order valence-electron chi connectivity index (χ4n) is 1.32. The standard InChI is InChI=1S/C13H10FN3O/c14-12-4-2-1-3-11(12)13(18)17-16-9-10-5-7-15-8-6-10/h1-9H,(H,17,18). The first kappa shape index (κ1) is 11.9. The second kappa shape index (κ2) is 5.67. The van der Waals surface area contributed by atoms with Crippen LogP contribution >= 0.6 is 0 Å². The van der Waals surface area contributed by atoms with Crippen LogP contribution in [0.3, 0.4) is 0 Å². The van der Waals surface area contributed by atoms with E-state index in [-0.39, 0.29) is 5.56 Å². The van der Waals surface area contributed by atoms with Gasteiger partial charge in [0.25, 0.3) is 5.91 Å². The molecule has 0 saturated carbocycles. The molecule has 18 heavy (non-hydrogen) atoms. The van der Waals surface area contributed by atoms with Gasteiger partial charge in [0.05, 0.1) is 11.8 Å². The van der Waals surface area contributed by atoms with E-state index < -0.39 is 11.7 Å². The lowest BCUT2D eigenvalue weighted by molar-refractivity contribution is 0.0951. The third-order valence-electron chi connectivity index (χ3n) is 2.20. The van der Waals surface area contributed by atoms with Crippen molar-refractivity contribution in [3.05, 3.63) is 65.7 Å². The first-order valence-electron chi connectivity index (χ1n) is 5.25. The van der Waals surface area contributed by atoms with Crippen LogP contribution in [0.5, 0.6) is 0 Å². The molecule has 90 valence electrons. The molecule has 0 radical (unpaired) electrons. The first-order chi connectivity index (χ1) is 8.77. The average molecular weight is 243 g/mol. The monoisotopic (exact) mass is 243 g/mol. The van der Waals surface area contributed by atoms with Crippen LogP contribution in [-0.4, -0.2) is 17.1 Å². The van der Waals surface area contributed by atoms with Gasteiger partial charge in [-0.15, -0.1) is 0 Å². The van der Waals surface area contributed by atoms with Crippen LogP contribution in [0.1, 0.15) is 15.9 Å². The topological polar surface area (TPSA) is 54.4 Å². The highest BCUT2D eigenvalue weighted by molar-refractivity contribution is 5.95. The summed E-state index contributed by atoms with van der Waals surface area (Å²) < 4.78 is 13.3. The van der Waals surface area contributed by atoms with E-state index in [1.165, 1.54) is 24.4 Å². The molecule has 0 unspecified atom stereocenters. The molecule has 0 aliphatic carbocycles. The van der Waals surface area contributed by atoms with Gasteiger partial charge in [-0.05, 0) is 29.8 Å². The lowest BCUT2D eigenvalue weighted by atomic mass is 10.2. The van der Waals surface area contributed by atoms with Crippen molar-refractivity contribution >= 4 is 12.1 Å².